The minimum absolute atomic E-state index is 0.254. The number of fused-ring (bicyclic) bond motifs is 1. The highest BCUT2D eigenvalue weighted by atomic mass is 16.6. The van der Waals surface area contributed by atoms with Crippen LogP contribution in [0.1, 0.15) is 18.2 Å². The van der Waals surface area contributed by atoms with Gasteiger partial charge in [-0.05, 0) is 37.6 Å². The Balaban J connectivity index is 1.61. The maximum absolute atomic E-state index is 12.0. The summed E-state index contributed by atoms with van der Waals surface area (Å²) in [4.78, 5) is 24.1. The van der Waals surface area contributed by atoms with Crippen LogP contribution in [-0.4, -0.2) is 43.5 Å². The van der Waals surface area contributed by atoms with Crippen molar-refractivity contribution in [3.8, 4) is 17.2 Å². The van der Waals surface area contributed by atoms with Gasteiger partial charge in [0, 0.05) is 12.1 Å². The smallest absolute Gasteiger partial charge is 0.331 e. The fraction of sp³-hybridized carbons (Fsp3) is 0.316. The lowest BCUT2D eigenvalue weighted by atomic mass is 10.1. The van der Waals surface area contributed by atoms with Crippen molar-refractivity contribution < 1.29 is 33.1 Å². The van der Waals surface area contributed by atoms with Crippen LogP contribution < -0.4 is 19.5 Å². The van der Waals surface area contributed by atoms with Gasteiger partial charge in [0.15, 0.2) is 23.4 Å². The van der Waals surface area contributed by atoms with E-state index in [2.05, 4.69) is 10.5 Å². The number of nitrogens with zero attached hydrogens (tertiary/aromatic N) is 1. The number of hydrogen-bond donors (Lipinski definition) is 1. The number of ether oxygens (including phenoxy) is 4. The molecule has 0 bridgehead atoms. The van der Waals surface area contributed by atoms with Gasteiger partial charge in [0.2, 0.25) is 5.75 Å². The molecule has 2 heterocycles. The van der Waals surface area contributed by atoms with Crippen LogP contribution in [-0.2, 0) is 14.3 Å². The van der Waals surface area contributed by atoms with Crippen molar-refractivity contribution in [3.63, 3.8) is 0 Å². The molecule has 0 saturated carbocycles. The first-order valence-electron chi connectivity index (χ1n) is 8.57. The number of aryl methyl sites for hydroxylation is 1. The second-order valence-electron chi connectivity index (χ2n) is 5.97. The molecule has 0 spiro atoms. The average Bonchev–Trinajstić information content (AvgIpc) is 3.10. The number of nitrogens with one attached hydrogen (secondary N) is 1. The van der Waals surface area contributed by atoms with Gasteiger partial charge in [0.25, 0.3) is 5.91 Å². The van der Waals surface area contributed by atoms with Gasteiger partial charge < -0.3 is 28.8 Å². The number of hydrogen-bond acceptors (Lipinski definition) is 8. The lowest BCUT2D eigenvalue weighted by Gasteiger charge is -2.20. The molecule has 148 valence electrons. The molecule has 1 aliphatic rings. The largest absolute Gasteiger partial charge is 0.493 e. The molecule has 9 nitrogen and oxygen atoms in total. The maximum atomic E-state index is 12.0. The van der Waals surface area contributed by atoms with E-state index >= 15 is 0 Å². The Morgan fingerprint density at radius 2 is 2.04 bits per heavy atom. The van der Waals surface area contributed by atoms with Crippen LogP contribution in [0.2, 0.25) is 0 Å². The summed E-state index contributed by atoms with van der Waals surface area (Å²) in [5.41, 5.74) is 0.660. The lowest BCUT2D eigenvalue weighted by Crippen LogP contribution is -2.29. The first-order valence-corrected chi connectivity index (χ1v) is 8.57. The number of anilines is 1. The van der Waals surface area contributed by atoms with E-state index in [1.54, 1.807) is 25.1 Å². The third-order valence-electron chi connectivity index (χ3n) is 3.80. The van der Waals surface area contributed by atoms with E-state index < -0.39 is 18.0 Å². The molecular weight excluding hydrogens is 368 g/mol. The highest BCUT2D eigenvalue weighted by Gasteiger charge is 2.19. The van der Waals surface area contributed by atoms with Crippen LogP contribution in [0.5, 0.6) is 17.2 Å². The summed E-state index contributed by atoms with van der Waals surface area (Å²) in [6.07, 6.45) is 1.74. The summed E-state index contributed by atoms with van der Waals surface area (Å²) in [6, 6.07) is 4.99. The van der Waals surface area contributed by atoms with Crippen molar-refractivity contribution in [1.29, 1.82) is 0 Å². The summed E-state index contributed by atoms with van der Waals surface area (Å²) in [7, 11) is 1.52. The van der Waals surface area contributed by atoms with Crippen molar-refractivity contribution in [1.82, 2.24) is 5.16 Å². The summed E-state index contributed by atoms with van der Waals surface area (Å²) in [5.74, 6) is 1.18. The molecule has 3 rings (SSSR count). The second-order valence-corrected chi connectivity index (χ2v) is 5.97. The molecule has 1 N–H and O–H groups in total. The van der Waals surface area contributed by atoms with Crippen LogP contribution in [0.4, 0.5) is 5.82 Å². The van der Waals surface area contributed by atoms with E-state index in [9.17, 15) is 9.59 Å². The van der Waals surface area contributed by atoms with Gasteiger partial charge in [-0.2, -0.15) is 0 Å². The average molecular weight is 388 g/mol. The number of carbonyl (C=O) groups excluding carboxylic acids is 2. The summed E-state index contributed by atoms with van der Waals surface area (Å²) < 4.78 is 26.3. The molecule has 0 aliphatic carbocycles. The standard InChI is InChI=1S/C19H20N2O7/c1-11-8-16(21-28-11)20-19(23)12(2)27-17(22)5-4-13-9-14(24-3)18-15(10-13)25-6-7-26-18/h4-5,8-10,12H,6-7H2,1-3H3,(H,20,21,23)/b5-4+/t12-/m1/s1. The van der Waals surface area contributed by atoms with Crippen molar-refractivity contribution >= 4 is 23.8 Å². The Morgan fingerprint density at radius 3 is 2.75 bits per heavy atom. The SMILES string of the molecule is COc1cc(/C=C/C(=O)O[C@H](C)C(=O)Nc2cc(C)on2)cc2c1OCCO2. The quantitative estimate of drug-likeness (QED) is 0.593. The molecule has 1 aromatic heterocycles. The number of methoxy groups -OCH3 is 1. The topological polar surface area (TPSA) is 109 Å². The summed E-state index contributed by atoms with van der Waals surface area (Å²) in [5, 5.41) is 6.15. The van der Waals surface area contributed by atoms with Crippen LogP contribution in [0.3, 0.4) is 0 Å². The monoisotopic (exact) mass is 388 g/mol. The molecule has 0 unspecified atom stereocenters. The predicted molar refractivity (Wildman–Crippen MR) is 98.4 cm³/mol. The number of benzene rings is 1. The first-order chi connectivity index (χ1) is 13.5. The highest BCUT2D eigenvalue weighted by molar-refractivity contribution is 5.96. The third-order valence-corrected chi connectivity index (χ3v) is 3.80. The fourth-order valence-corrected chi connectivity index (χ4v) is 2.47. The van der Waals surface area contributed by atoms with E-state index in [1.165, 1.54) is 26.2 Å². The Morgan fingerprint density at radius 1 is 1.25 bits per heavy atom. The Kier molecular flexibility index (Phi) is 5.83. The minimum atomic E-state index is -1.01. The summed E-state index contributed by atoms with van der Waals surface area (Å²) in [6.45, 7) is 4.03. The van der Waals surface area contributed by atoms with Crippen molar-refractivity contribution in [2.75, 3.05) is 25.6 Å². The van der Waals surface area contributed by atoms with Gasteiger partial charge in [0.05, 0.1) is 7.11 Å². The van der Waals surface area contributed by atoms with Gasteiger partial charge in [-0.15, -0.1) is 0 Å². The number of aromatic nitrogens is 1. The first kappa shape index (κ1) is 19.3. The predicted octanol–water partition coefficient (Wildman–Crippen LogP) is 2.35. The normalized spacial score (nSPS) is 13.8. The molecule has 0 fully saturated rings. The van der Waals surface area contributed by atoms with Gasteiger partial charge in [0.1, 0.15) is 19.0 Å². The minimum Gasteiger partial charge on any atom is -0.493 e. The van der Waals surface area contributed by atoms with Gasteiger partial charge in [-0.1, -0.05) is 5.16 Å². The van der Waals surface area contributed by atoms with Crippen molar-refractivity contribution in [3.05, 3.63) is 35.6 Å². The van der Waals surface area contributed by atoms with E-state index in [0.717, 1.165) is 0 Å². The van der Waals surface area contributed by atoms with Crippen LogP contribution in [0, 0.1) is 6.92 Å². The van der Waals surface area contributed by atoms with Crippen molar-refractivity contribution in [2.45, 2.75) is 20.0 Å². The molecule has 1 aliphatic heterocycles. The third kappa shape index (κ3) is 4.61. The second kappa shape index (κ2) is 8.47. The van der Waals surface area contributed by atoms with E-state index in [4.69, 9.17) is 23.5 Å². The molecule has 2 aromatic rings. The Labute approximate surface area is 161 Å². The van der Waals surface area contributed by atoms with E-state index in [-0.39, 0.29) is 5.82 Å². The fourth-order valence-electron chi connectivity index (χ4n) is 2.47. The number of carbonyl (C=O) groups is 2. The van der Waals surface area contributed by atoms with Gasteiger partial charge in [-0.3, -0.25) is 4.79 Å². The van der Waals surface area contributed by atoms with Crippen LogP contribution in [0.25, 0.3) is 6.08 Å². The maximum Gasteiger partial charge on any atom is 0.331 e. The molecular formula is C19H20N2O7. The zero-order valence-corrected chi connectivity index (χ0v) is 15.7. The van der Waals surface area contributed by atoms with Crippen LogP contribution >= 0.6 is 0 Å². The number of esters is 1. The summed E-state index contributed by atoms with van der Waals surface area (Å²) >= 11 is 0. The van der Waals surface area contributed by atoms with Gasteiger partial charge >= 0.3 is 5.97 Å². The molecule has 1 aromatic carbocycles. The number of amides is 1. The molecule has 28 heavy (non-hydrogen) atoms. The molecule has 1 amide bonds. The Hall–Kier alpha value is -3.49. The van der Waals surface area contributed by atoms with Crippen LogP contribution in [0.15, 0.2) is 28.8 Å². The molecule has 9 heteroatoms. The lowest BCUT2D eigenvalue weighted by molar-refractivity contribution is -0.148. The number of rotatable bonds is 6. The molecule has 0 saturated heterocycles. The van der Waals surface area contributed by atoms with E-state index in [1.807, 2.05) is 0 Å². The van der Waals surface area contributed by atoms with Gasteiger partial charge in [-0.25, -0.2) is 4.79 Å². The molecule has 0 radical (unpaired) electrons. The van der Waals surface area contributed by atoms with Crippen molar-refractivity contribution in [2.24, 2.45) is 0 Å². The Bertz CT molecular complexity index is 886. The zero-order chi connectivity index (χ0) is 20.1. The highest BCUT2D eigenvalue weighted by Crippen LogP contribution is 2.40. The molecule has 1 atom stereocenters. The zero-order valence-electron chi connectivity index (χ0n) is 15.7. The van der Waals surface area contributed by atoms with E-state index in [0.29, 0.717) is 41.8 Å².